The molecule has 3 fully saturated rings. The molecule has 3 saturated carbocycles. The van der Waals surface area contributed by atoms with E-state index < -0.39 is 0 Å². The van der Waals surface area contributed by atoms with Crippen molar-refractivity contribution in [2.24, 2.45) is 28.6 Å². The van der Waals surface area contributed by atoms with E-state index in [-0.39, 0.29) is 16.9 Å². The van der Waals surface area contributed by atoms with E-state index in [1.54, 1.807) is 0 Å². The fourth-order valence-electron chi connectivity index (χ4n) is 6.53. The van der Waals surface area contributed by atoms with E-state index in [4.69, 9.17) is 0 Å². The Kier molecular flexibility index (Phi) is 2.96. The van der Waals surface area contributed by atoms with Crippen LogP contribution in [0.25, 0.3) is 0 Å². The highest BCUT2D eigenvalue weighted by Crippen LogP contribution is 2.65. The predicted molar refractivity (Wildman–Crippen MR) is 82.7 cm³/mol. The van der Waals surface area contributed by atoms with Gasteiger partial charge in [0, 0.05) is 6.42 Å². The fourth-order valence-corrected chi connectivity index (χ4v) is 6.53. The Hall–Kier alpha value is -0.630. The van der Waals surface area contributed by atoms with E-state index in [0.717, 1.165) is 37.5 Å². The molecule has 0 aromatic rings. The summed E-state index contributed by atoms with van der Waals surface area (Å²) in [5.74, 6) is 2.57. The van der Waals surface area contributed by atoms with Gasteiger partial charge in [-0.25, -0.2) is 0 Å². The Bertz CT molecular complexity index is 508. The standard InChI is InChI=1S/C19H28O2/c1-18-9-7-13(20)11-12(18)3-4-14-15-5-6-17(21)19(15,2)10-8-16(14)18/h11,14-17,21H,3-10H2,1-2H3/t14-,15-,16-,17?,18-,19+/m0/s1. The van der Waals surface area contributed by atoms with Crippen LogP contribution in [0.4, 0.5) is 0 Å². The number of hydrogen-bond acceptors (Lipinski definition) is 2. The summed E-state index contributed by atoms with van der Waals surface area (Å²) >= 11 is 0. The zero-order valence-electron chi connectivity index (χ0n) is 13.4. The van der Waals surface area contributed by atoms with Crippen molar-refractivity contribution in [3.05, 3.63) is 11.6 Å². The molecule has 2 nitrogen and oxygen atoms in total. The molecule has 0 spiro atoms. The van der Waals surface area contributed by atoms with E-state index in [0.29, 0.717) is 11.7 Å². The first kappa shape index (κ1) is 14.0. The number of rotatable bonds is 0. The van der Waals surface area contributed by atoms with Crippen molar-refractivity contribution in [2.75, 3.05) is 0 Å². The lowest BCUT2D eigenvalue weighted by Gasteiger charge is -2.57. The normalized spacial score (nSPS) is 52.7. The molecule has 0 bridgehead atoms. The third-order valence-corrected chi connectivity index (χ3v) is 7.91. The van der Waals surface area contributed by atoms with Gasteiger partial charge in [0.15, 0.2) is 5.78 Å². The molecule has 116 valence electrons. The van der Waals surface area contributed by atoms with Crippen LogP contribution in [0, 0.1) is 28.6 Å². The first-order chi connectivity index (χ1) is 9.95. The number of aliphatic hydroxyl groups is 1. The first-order valence-electron chi connectivity index (χ1n) is 8.87. The van der Waals surface area contributed by atoms with E-state index in [9.17, 15) is 9.90 Å². The average molecular weight is 288 g/mol. The Morgan fingerprint density at radius 3 is 2.67 bits per heavy atom. The van der Waals surface area contributed by atoms with Crippen LogP contribution in [0.15, 0.2) is 11.6 Å². The molecule has 4 aliphatic rings. The van der Waals surface area contributed by atoms with Gasteiger partial charge in [0.25, 0.3) is 0 Å². The highest BCUT2D eigenvalue weighted by Gasteiger charge is 2.58. The van der Waals surface area contributed by atoms with E-state index >= 15 is 0 Å². The molecule has 6 atom stereocenters. The van der Waals surface area contributed by atoms with Crippen LogP contribution < -0.4 is 0 Å². The van der Waals surface area contributed by atoms with Crippen LogP contribution in [0.1, 0.15) is 65.2 Å². The van der Waals surface area contributed by atoms with Crippen molar-refractivity contribution in [1.82, 2.24) is 0 Å². The third-order valence-electron chi connectivity index (χ3n) is 7.91. The number of hydrogen-bond donors (Lipinski definition) is 1. The van der Waals surface area contributed by atoms with Crippen LogP contribution in [0.3, 0.4) is 0 Å². The maximum absolute atomic E-state index is 11.8. The molecule has 0 aromatic carbocycles. The molecular formula is C19H28O2. The number of ketones is 1. The average Bonchev–Trinajstić information content (AvgIpc) is 2.76. The minimum Gasteiger partial charge on any atom is -0.393 e. The summed E-state index contributed by atoms with van der Waals surface area (Å²) in [5.41, 5.74) is 1.89. The molecule has 1 N–H and O–H groups in total. The molecule has 1 unspecified atom stereocenters. The molecule has 4 aliphatic carbocycles. The second-order valence-corrected chi connectivity index (χ2v) is 8.61. The molecule has 0 amide bonds. The van der Waals surface area contributed by atoms with Crippen molar-refractivity contribution >= 4 is 5.78 Å². The second kappa shape index (κ2) is 4.44. The topological polar surface area (TPSA) is 37.3 Å². The van der Waals surface area contributed by atoms with Gasteiger partial charge in [0.05, 0.1) is 6.10 Å². The third kappa shape index (κ3) is 1.78. The second-order valence-electron chi connectivity index (χ2n) is 8.61. The largest absolute Gasteiger partial charge is 0.393 e. The van der Waals surface area contributed by atoms with Gasteiger partial charge in [-0.1, -0.05) is 19.4 Å². The van der Waals surface area contributed by atoms with Crippen molar-refractivity contribution < 1.29 is 9.90 Å². The molecule has 0 aliphatic heterocycles. The number of fused-ring (bicyclic) bond motifs is 5. The summed E-state index contributed by atoms with van der Waals surface area (Å²) in [6.07, 6.45) is 10.7. The quantitative estimate of drug-likeness (QED) is 0.734. The minimum absolute atomic E-state index is 0.0823. The van der Waals surface area contributed by atoms with Gasteiger partial charge in [-0.05, 0) is 79.6 Å². The zero-order chi connectivity index (χ0) is 14.8. The lowest BCUT2D eigenvalue weighted by molar-refractivity contribution is -0.118. The van der Waals surface area contributed by atoms with Crippen molar-refractivity contribution in [3.8, 4) is 0 Å². The summed E-state index contributed by atoms with van der Waals surface area (Å²) in [7, 11) is 0. The van der Waals surface area contributed by atoms with Crippen molar-refractivity contribution in [3.63, 3.8) is 0 Å². The monoisotopic (exact) mass is 288 g/mol. The lowest BCUT2D eigenvalue weighted by atomic mass is 9.47. The fraction of sp³-hybridized carbons (Fsp3) is 0.842. The number of carbonyl (C=O) groups excluding carboxylic acids is 1. The summed E-state index contributed by atoms with van der Waals surface area (Å²) < 4.78 is 0. The summed E-state index contributed by atoms with van der Waals surface area (Å²) in [5, 5.41) is 10.4. The van der Waals surface area contributed by atoms with Gasteiger partial charge < -0.3 is 5.11 Å². The molecule has 2 heteroatoms. The smallest absolute Gasteiger partial charge is 0.155 e. The maximum atomic E-state index is 11.8. The lowest BCUT2D eigenvalue weighted by Crippen LogP contribution is -2.51. The SMILES string of the molecule is C[C@]12CCC(=O)C=C1CC[C@@H]1[C@@H]2CC[C@@]2(C)C(O)CC[C@@H]12. The van der Waals surface area contributed by atoms with Crippen molar-refractivity contribution in [2.45, 2.75) is 71.3 Å². The van der Waals surface area contributed by atoms with Gasteiger partial charge in [-0.3, -0.25) is 4.79 Å². The first-order valence-corrected chi connectivity index (χ1v) is 8.87. The number of allylic oxidation sites excluding steroid dienone is 1. The Balaban J connectivity index is 1.69. The molecule has 4 rings (SSSR count). The van der Waals surface area contributed by atoms with Gasteiger partial charge in [0.2, 0.25) is 0 Å². The van der Waals surface area contributed by atoms with Crippen LogP contribution >= 0.6 is 0 Å². The molecule has 0 heterocycles. The van der Waals surface area contributed by atoms with Gasteiger partial charge >= 0.3 is 0 Å². The van der Waals surface area contributed by atoms with Crippen LogP contribution in [-0.4, -0.2) is 17.0 Å². The van der Waals surface area contributed by atoms with Crippen LogP contribution in [0.2, 0.25) is 0 Å². The summed E-state index contributed by atoms with van der Waals surface area (Å²) in [6.45, 7) is 4.76. The number of aliphatic hydroxyl groups excluding tert-OH is 1. The van der Waals surface area contributed by atoms with Crippen molar-refractivity contribution in [1.29, 1.82) is 0 Å². The van der Waals surface area contributed by atoms with E-state index in [1.807, 2.05) is 6.08 Å². The predicted octanol–water partition coefficient (Wildman–Crippen LogP) is 3.88. The number of carbonyl (C=O) groups is 1. The zero-order valence-corrected chi connectivity index (χ0v) is 13.4. The highest BCUT2D eigenvalue weighted by atomic mass is 16.3. The van der Waals surface area contributed by atoms with E-state index in [2.05, 4.69) is 13.8 Å². The van der Waals surface area contributed by atoms with Gasteiger partial charge in [0.1, 0.15) is 0 Å². The Morgan fingerprint density at radius 1 is 1.05 bits per heavy atom. The molecule has 0 aromatic heterocycles. The summed E-state index contributed by atoms with van der Waals surface area (Å²) in [4.78, 5) is 11.8. The summed E-state index contributed by atoms with van der Waals surface area (Å²) in [6, 6.07) is 0. The van der Waals surface area contributed by atoms with Crippen LogP contribution in [0.5, 0.6) is 0 Å². The minimum atomic E-state index is -0.0823. The maximum Gasteiger partial charge on any atom is 0.155 e. The molecule has 0 saturated heterocycles. The van der Waals surface area contributed by atoms with Gasteiger partial charge in [-0.15, -0.1) is 0 Å². The highest BCUT2D eigenvalue weighted by molar-refractivity contribution is 5.91. The molecular weight excluding hydrogens is 260 g/mol. The molecule has 0 radical (unpaired) electrons. The Labute approximate surface area is 128 Å². The molecule has 21 heavy (non-hydrogen) atoms. The Morgan fingerprint density at radius 2 is 1.86 bits per heavy atom. The van der Waals surface area contributed by atoms with Gasteiger partial charge in [-0.2, -0.15) is 0 Å². The van der Waals surface area contributed by atoms with E-state index in [1.165, 1.54) is 31.3 Å². The van der Waals surface area contributed by atoms with Crippen LogP contribution in [-0.2, 0) is 4.79 Å².